The lowest BCUT2D eigenvalue weighted by Gasteiger charge is -2.45. The van der Waals surface area contributed by atoms with Crippen molar-refractivity contribution < 1.29 is 0 Å². The number of benzene rings is 5. The molecule has 1 aliphatic carbocycles. The molecule has 1 fully saturated rings. The monoisotopic (exact) mass is 530 g/mol. The van der Waals surface area contributed by atoms with Gasteiger partial charge in [-0.1, -0.05) is 86.0 Å². The largest absolute Gasteiger partial charge is 0.311 e. The molecule has 0 radical (unpaired) electrons. The van der Waals surface area contributed by atoms with Gasteiger partial charge in [0, 0.05) is 34.1 Å². The van der Waals surface area contributed by atoms with Gasteiger partial charge in [0.25, 0.3) is 6.71 Å². The Hall–Kier alpha value is -4.24. The lowest BCUT2D eigenvalue weighted by molar-refractivity contribution is 0.444. The van der Waals surface area contributed by atoms with Crippen LogP contribution in [-0.2, 0) is 0 Å². The highest BCUT2D eigenvalue weighted by Crippen LogP contribution is 2.47. The number of fused-ring (bicyclic) bond motifs is 4. The highest BCUT2D eigenvalue weighted by atomic mass is 15.2. The minimum absolute atomic E-state index is 0.189. The zero-order chi connectivity index (χ0) is 27.5. The first-order chi connectivity index (χ1) is 20.2. The van der Waals surface area contributed by atoms with Crippen LogP contribution in [0.3, 0.4) is 0 Å². The van der Waals surface area contributed by atoms with E-state index in [1.807, 2.05) is 0 Å². The average molecular weight is 531 g/mol. The molecule has 2 aliphatic heterocycles. The van der Waals surface area contributed by atoms with Crippen LogP contribution in [0.5, 0.6) is 0 Å². The van der Waals surface area contributed by atoms with Crippen molar-refractivity contribution in [3.63, 3.8) is 0 Å². The van der Waals surface area contributed by atoms with Gasteiger partial charge in [0.2, 0.25) is 0 Å². The van der Waals surface area contributed by atoms with Crippen molar-refractivity contribution in [2.75, 3.05) is 9.80 Å². The number of hydrogen-bond donors (Lipinski definition) is 0. The van der Waals surface area contributed by atoms with Gasteiger partial charge in [-0.25, -0.2) is 0 Å². The summed E-state index contributed by atoms with van der Waals surface area (Å²) >= 11 is 0. The predicted molar refractivity (Wildman–Crippen MR) is 176 cm³/mol. The summed E-state index contributed by atoms with van der Waals surface area (Å²) in [6.07, 6.45) is 6.58. The second-order valence-corrected chi connectivity index (χ2v) is 12.2. The van der Waals surface area contributed by atoms with Crippen LogP contribution in [0.2, 0.25) is 0 Å². The molecule has 0 saturated heterocycles. The van der Waals surface area contributed by atoms with E-state index >= 15 is 0 Å². The van der Waals surface area contributed by atoms with E-state index in [0.29, 0.717) is 5.92 Å². The van der Waals surface area contributed by atoms with Gasteiger partial charge < -0.3 is 9.80 Å². The third-order valence-corrected chi connectivity index (χ3v) is 9.60. The Morgan fingerprint density at radius 1 is 0.561 bits per heavy atom. The molecular weight excluding hydrogens is 495 g/mol. The summed E-state index contributed by atoms with van der Waals surface area (Å²) < 4.78 is 0. The molecule has 0 atom stereocenters. The van der Waals surface area contributed by atoms with Crippen molar-refractivity contribution in [3.8, 4) is 0 Å². The van der Waals surface area contributed by atoms with Gasteiger partial charge in [-0.3, -0.25) is 0 Å². The third kappa shape index (κ3) is 3.86. The van der Waals surface area contributed by atoms with E-state index in [0.717, 1.165) is 0 Å². The molecule has 200 valence electrons. The molecule has 1 saturated carbocycles. The van der Waals surface area contributed by atoms with Gasteiger partial charge in [0.1, 0.15) is 0 Å². The van der Waals surface area contributed by atoms with E-state index in [-0.39, 0.29) is 6.71 Å². The van der Waals surface area contributed by atoms with Crippen LogP contribution in [0, 0.1) is 13.8 Å². The SMILES string of the molecule is Cc1cccc(N2c3ccccc3B3c4ccccc4N(c4ccccc4C)c4cc(C5CCCCC5)cc2c43)c1. The van der Waals surface area contributed by atoms with Crippen LogP contribution in [0.15, 0.2) is 109 Å². The summed E-state index contributed by atoms with van der Waals surface area (Å²) in [5.41, 5.74) is 16.0. The van der Waals surface area contributed by atoms with Gasteiger partial charge in [-0.05, 0) is 108 Å². The van der Waals surface area contributed by atoms with E-state index in [1.165, 1.54) is 99.3 Å². The van der Waals surface area contributed by atoms with E-state index in [4.69, 9.17) is 0 Å². The highest BCUT2D eigenvalue weighted by molar-refractivity contribution is 7.00. The Balaban J connectivity index is 1.48. The summed E-state index contributed by atoms with van der Waals surface area (Å²) in [6.45, 7) is 4.64. The van der Waals surface area contributed by atoms with Crippen molar-refractivity contribution in [1.82, 2.24) is 0 Å². The van der Waals surface area contributed by atoms with Gasteiger partial charge in [-0.2, -0.15) is 0 Å². The Bertz CT molecular complexity index is 1780. The first kappa shape index (κ1) is 24.6. The van der Waals surface area contributed by atoms with Gasteiger partial charge in [0.05, 0.1) is 0 Å². The smallest absolute Gasteiger partial charge is 0.252 e. The maximum absolute atomic E-state index is 2.56. The first-order valence-electron chi connectivity index (χ1n) is 15.3. The molecule has 41 heavy (non-hydrogen) atoms. The second-order valence-electron chi connectivity index (χ2n) is 12.2. The van der Waals surface area contributed by atoms with Crippen LogP contribution in [-0.4, -0.2) is 6.71 Å². The molecule has 5 aromatic carbocycles. The summed E-state index contributed by atoms with van der Waals surface area (Å²) in [5.74, 6) is 0.608. The lowest BCUT2D eigenvalue weighted by atomic mass is 9.33. The maximum Gasteiger partial charge on any atom is 0.252 e. The summed E-state index contributed by atoms with van der Waals surface area (Å²) in [5, 5.41) is 0. The quantitative estimate of drug-likeness (QED) is 0.212. The molecule has 2 heterocycles. The summed E-state index contributed by atoms with van der Waals surface area (Å²) in [6, 6.07) is 41.2. The van der Waals surface area contributed by atoms with E-state index in [9.17, 15) is 0 Å². The number of aryl methyl sites for hydroxylation is 2. The molecular formula is C38H35BN2. The Morgan fingerprint density at radius 3 is 1.85 bits per heavy atom. The lowest BCUT2D eigenvalue weighted by Crippen LogP contribution is -2.61. The number of anilines is 6. The molecule has 8 rings (SSSR count). The van der Waals surface area contributed by atoms with Crippen LogP contribution < -0.4 is 26.2 Å². The molecule has 0 unspecified atom stereocenters. The van der Waals surface area contributed by atoms with Crippen molar-refractivity contribution in [3.05, 3.63) is 126 Å². The number of para-hydroxylation sites is 3. The Labute approximate surface area is 244 Å². The fraction of sp³-hybridized carbons (Fsp3) is 0.211. The first-order valence-corrected chi connectivity index (χ1v) is 15.3. The normalized spacial score (nSPS) is 15.8. The zero-order valence-electron chi connectivity index (χ0n) is 24.0. The fourth-order valence-corrected chi connectivity index (χ4v) is 7.71. The minimum atomic E-state index is 0.189. The molecule has 0 bridgehead atoms. The van der Waals surface area contributed by atoms with Crippen LogP contribution >= 0.6 is 0 Å². The Kier molecular flexibility index (Phi) is 5.81. The molecule has 5 aromatic rings. The van der Waals surface area contributed by atoms with Crippen molar-refractivity contribution in [2.24, 2.45) is 0 Å². The third-order valence-electron chi connectivity index (χ3n) is 9.60. The predicted octanol–water partition coefficient (Wildman–Crippen LogP) is 8.43. The van der Waals surface area contributed by atoms with Gasteiger partial charge >= 0.3 is 0 Å². The minimum Gasteiger partial charge on any atom is -0.311 e. The highest BCUT2D eigenvalue weighted by Gasteiger charge is 2.43. The van der Waals surface area contributed by atoms with E-state index in [1.54, 1.807) is 0 Å². The maximum atomic E-state index is 2.56. The van der Waals surface area contributed by atoms with Crippen molar-refractivity contribution in [1.29, 1.82) is 0 Å². The van der Waals surface area contributed by atoms with Crippen LogP contribution in [0.25, 0.3) is 0 Å². The molecule has 0 N–H and O–H groups in total. The summed E-state index contributed by atoms with van der Waals surface area (Å²) in [4.78, 5) is 5.11. The van der Waals surface area contributed by atoms with Crippen LogP contribution in [0.4, 0.5) is 34.1 Å². The molecule has 0 aromatic heterocycles. The van der Waals surface area contributed by atoms with Crippen molar-refractivity contribution in [2.45, 2.75) is 51.9 Å². The Morgan fingerprint density at radius 2 is 1.17 bits per heavy atom. The topological polar surface area (TPSA) is 6.48 Å². The fourth-order valence-electron chi connectivity index (χ4n) is 7.71. The molecule has 2 nitrogen and oxygen atoms in total. The van der Waals surface area contributed by atoms with E-state index < -0.39 is 0 Å². The second kappa shape index (κ2) is 9.70. The van der Waals surface area contributed by atoms with E-state index in [2.05, 4.69) is 133 Å². The standard InChI is InChI=1S/C38H35BN2/c1-26-13-12-17-30(23-26)40-34-21-10-7-18-31(34)39-32-19-8-11-22-35(32)41(33-20-9-6-14-27(33)2)37-25-29(24-36(40)38(37)39)28-15-4-3-5-16-28/h6-14,17-25,28H,3-5,15-16H2,1-2H3. The van der Waals surface area contributed by atoms with Crippen molar-refractivity contribution >= 4 is 57.2 Å². The van der Waals surface area contributed by atoms with Gasteiger partial charge in [-0.15, -0.1) is 0 Å². The average Bonchev–Trinajstić information content (AvgIpc) is 3.01. The number of hydrogen-bond acceptors (Lipinski definition) is 2. The molecule has 0 amide bonds. The molecule has 3 aliphatic rings. The zero-order valence-corrected chi connectivity index (χ0v) is 24.0. The molecule has 0 spiro atoms. The molecule has 3 heteroatoms. The number of nitrogens with zero attached hydrogens (tertiary/aromatic N) is 2. The van der Waals surface area contributed by atoms with Gasteiger partial charge in [0.15, 0.2) is 0 Å². The van der Waals surface area contributed by atoms with Crippen LogP contribution in [0.1, 0.15) is 54.7 Å². The number of rotatable bonds is 3. The summed E-state index contributed by atoms with van der Waals surface area (Å²) in [7, 11) is 0.